The fourth-order valence-electron chi connectivity index (χ4n) is 7.55. The lowest BCUT2D eigenvalue weighted by Crippen LogP contribution is -2.33. The van der Waals surface area contributed by atoms with Gasteiger partial charge in [-0.2, -0.15) is 0 Å². The van der Waals surface area contributed by atoms with E-state index >= 15 is 0 Å². The van der Waals surface area contributed by atoms with Crippen molar-refractivity contribution >= 4 is 55.2 Å². The molecule has 0 spiro atoms. The first-order valence-corrected chi connectivity index (χ1v) is 17.3. The molecule has 240 valence electrons. The third-order valence-electron chi connectivity index (χ3n) is 9.92. The largest absolute Gasteiger partial charge is 0.456 e. The van der Waals surface area contributed by atoms with Crippen molar-refractivity contribution in [3.63, 3.8) is 0 Å². The SMILES string of the molecule is c1ccc(C2=NC(c3cc(-c4ccccc4-c4cc5ccccc5c5ccccc45)cc4oc5ccccc5c34)=NC(c3ccccc3)N2)cc1. The minimum absolute atomic E-state index is 0.318. The van der Waals surface area contributed by atoms with E-state index in [0.29, 0.717) is 5.84 Å². The standard InChI is InChI=1S/C47H31N3O/c1-3-15-30(16-4-1)45-48-46(31-17-5-2-6-18-31)50-47(49-45)41-28-33(29-43-44(41)39-25-13-14-26-42(39)51-43)35-21-9-10-23-37(35)40-27-32-19-7-8-20-34(32)36-22-11-12-24-38(36)40/h1-29,45H,(H,48,49,50). The zero-order chi connectivity index (χ0) is 33.7. The predicted octanol–water partition coefficient (Wildman–Crippen LogP) is 11.7. The summed E-state index contributed by atoms with van der Waals surface area (Å²) in [5, 5.41) is 10.6. The highest BCUT2D eigenvalue weighted by Gasteiger charge is 2.25. The van der Waals surface area contributed by atoms with Crippen molar-refractivity contribution in [3.8, 4) is 22.3 Å². The molecule has 10 rings (SSSR count). The molecule has 0 saturated heterocycles. The van der Waals surface area contributed by atoms with Crippen LogP contribution < -0.4 is 5.32 Å². The van der Waals surface area contributed by atoms with E-state index in [9.17, 15) is 0 Å². The van der Waals surface area contributed by atoms with Crippen molar-refractivity contribution in [2.75, 3.05) is 0 Å². The summed E-state index contributed by atoms with van der Waals surface area (Å²) in [6.07, 6.45) is -0.318. The Morgan fingerprint density at radius 2 is 1.10 bits per heavy atom. The van der Waals surface area contributed by atoms with Crippen molar-refractivity contribution in [1.82, 2.24) is 5.32 Å². The Hall–Kier alpha value is -6.78. The third kappa shape index (κ3) is 5.00. The summed E-state index contributed by atoms with van der Waals surface area (Å²) in [6, 6.07) is 61.6. The molecule has 1 aliphatic rings. The molecule has 0 radical (unpaired) electrons. The lowest BCUT2D eigenvalue weighted by molar-refractivity contribution is 0.668. The van der Waals surface area contributed by atoms with Crippen LogP contribution >= 0.6 is 0 Å². The van der Waals surface area contributed by atoms with Crippen LogP contribution in [0.2, 0.25) is 0 Å². The topological polar surface area (TPSA) is 49.9 Å². The van der Waals surface area contributed by atoms with Gasteiger partial charge in [0.2, 0.25) is 0 Å². The number of nitrogens with zero attached hydrogens (tertiary/aromatic N) is 2. The molecule has 1 unspecified atom stereocenters. The summed E-state index contributed by atoms with van der Waals surface area (Å²) in [5.41, 5.74) is 9.14. The molecule has 0 bridgehead atoms. The Morgan fingerprint density at radius 3 is 1.92 bits per heavy atom. The van der Waals surface area contributed by atoms with Gasteiger partial charge in [0.15, 0.2) is 5.84 Å². The summed E-state index contributed by atoms with van der Waals surface area (Å²) < 4.78 is 6.62. The normalized spacial score (nSPS) is 14.5. The van der Waals surface area contributed by atoms with Crippen LogP contribution in [0.1, 0.15) is 22.9 Å². The number of rotatable bonds is 5. The second-order valence-electron chi connectivity index (χ2n) is 13.0. The molecule has 51 heavy (non-hydrogen) atoms. The molecule has 2 heterocycles. The summed E-state index contributed by atoms with van der Waals surface area (Å²) >= 11 is 0. The van der Waals surface area contributed by atoms with Gasteiger partial charge in [-0.05, 0) is 73.6 Å². The van der Waals surface area contributed by atoms with Crippen LogP contribution in [0.5, 0.6) is 0 Å². The van der Waals surface area contributed by atoms with Crippen molar-refractivity contribution in [3.05, 3.63) is 193 Å². The van der Waals surface area contributed by atoms with E-state index in [1.807, 2.05) is 36.4 Å². The average molecular weight is 654 g/mol. The van der Waals surface area contributed by atoms with Crippen LogP contribution in [0.4, 0.5) is 0 Å². The molecule has 0 aliphatic carbocycles. The lowest BCUT2D eigenvalue weighted by atomic mass is 9.88. The van der Waals surface area contributed by atoms with Gasteiger partial charge in [0.05, 0.1) is 0 Å². The van der Waals surface area contributed by atoms with Crippen molar-refractivity contribution in [2.45, 2.75) is 6.17 Å². The molecular formula is C47H31N3O. The van der Waals surface area contributed by atoms with Crippen LogP contribution in [-0.2, 0) is 0 Å². The number of benzene rings is 8. The molecular weight excluding hydrogens is 623 g/mol. The zero-order valence-electron chi connectivity index (χ0n) is 27.6. The average Bonchev–Trinajstić information content (AvgIpc) is 3.59. The number of hydrogen-bond donors (Lipinski definition) is 1. The first-order valence-electron chi connectivity index (χ1n) is 17.3. The molecule has 1 aromatic heterocycles. The van der Waals surface area contributed by atoms with Gasteiger partial charge in [0, 0.05) is 21.9 Å². The zero-order valence-corrected chi connectivity index (χ0v) is 27.6. The monoisotopic (exact) mass is 653 g/mol. The predicted molar refractivity (Wildman–Crippen MR) is 211 cm³/mol. The second-order valence-corrected chi connectivity index (χ2v) is 13.0. The highest BCUT2D eigenvalue weighted by Crippen LogP contribution is 2.42. The first-order chi connectivity index (χ1) is 25.3. The molecule has 4 nitrogen and oxygen atoms in total. The van der Waals surface area contributed by atoms with Gasteiger partial charge >= 0.3 is 0 Å². The van der Waals surface area contributed by atoms with Crippen LogP contribution in [0, 0.1) is 0 Å². The van der Waals surface area contributed by atoms with Gasteiger partial charge in [0.25, 0.3) is 0 Å². The Kier molecular flexibility index (Phi) is 6.85. The van der Waals surface area contributed by atoms with Crippen molar-refractivity contribution in [1.29, 1.82) is 0 Å². The summed E-state index contributed by atoms with van der Waals surface area (Å²) in [5.74, 6) is 1.44. The Bertz CT molecular complexity index is 2830. The lowest BCUT2D eigenvalue weighted by Gasteiger charge is -2.24. The number of hydrogen-bond acceptors (Lipinski definition) is 4. The number of aliphatic imine (C=N–C) groups is 2. The number of fused-ring (bicyclic) bond motifs is 6. The van der Waals surface area contributed by atoms with Crippen LogP contribution in [0.3, 0.4) is 0 Å². The van der Waals surface area contributed by atoms with E-state index < -0.39 is 0 Å². The molecule has 9 aromatic rings. The number of furan rings is 1. The number of para-hydroxylation sites is 1. The quantitative estimate of drug-likeness (QED) is 0.188. The third-order valence-corrected chi connectivity index (χ3v) is 9.92. The molecule has 0 fully saturated rings. The molecule has 1 N–H and O–H groups in total. The van der Waals surface area contributed by atoms with Gasteiger partial charge in [0.1, 0.15) is 23.2 Å². The maximum atomic E-state index is 6.62. The summed E-state index contributed by atoms with van der Waals surface area (Å²) in [6.45, 7) is 0. The molecule has 8 aromatic carbocycles. The molecule has 1 atom stereocenters. The molecule has 4 heteroatoms. The van der Waals surface area contributed by atoms with E-state index in [4.69, 9.17) is 14.4 Å². The van der Waals surface area contributed by atoms with Crippen molar-refractivity contribution < 1.29 is 4.42 Å². The minimum atomic E-state index is -0.318. The maximum absolute atomic E-state index is 6.62. The second kappa shape index (κ2) is 12.0. The van der Waals surface area contributed by atoms with E-state index in [0.717, 1.165) is 61.2 Å². The summed E-state index contributed by atoms with van der Waals surface area (Å²) in [4.78, 5) is 10.5. The molecule has 0 amide bonds. The highest BCUT2D eigenvalue weighted by atomic mass is 16.3. The van der Waals surface area contributed by atoms with E-state index in [2.05, 4.69) is 145 Å². The summed E-state index contributed by atoms with van der Waals surface area (Å²) in [7, 11) is 0. The van der Waals surface area contributed by atoms with Crippen LogP contribution in [-0.4, -0.2) is 11.7 Å². The van der Waals surface area contributed by atoms with Gasteiger partial charge in [-0.15, -0.1) is 0 Å². The minimum Gasteiger partial charge on any atom is -0.456 e. The van der Waals surface area contributed by atoms with E-state index in [-0.39, 0.29) is 6.17 Å². The highest BCUT2D eigenvalue weighted by molar-refractivity contribution is 6.23. The van der Waals surface area contributed by atoms with Gasteiger partial charge in [-0.25, -0.2) is 9.98 Å². The number of nitrogens with one attached hydrogen (secondary N) is 1. The van der Waals surface area contributed by atoms with E-state index in [1.54, 1.807) is 0 Å². The smallest absolute Gasteiger partial charge is 0.160 e. The fourth-order valence-corrected chi connectivity index (χ4v) is 7.55. The first kappa shape index (κ1) is 29.2. The fraction of sp³-hybridized carbons (Fsp3) is 0.0213. The Labute approximate surface area is 295 Å². The van der Waals surface area contributed by atoms with Gasteiger partial charge in [-0.3, -0.25) is 0 Å². The van der Waals surface area contributed by atoms with Crippen LogP contribution in [0.15, 0.2) is 190 Å². The maximum Gasteiger partial charge on any atom is 0.160 e. The van der Waals surface area contributed by atoms with Crippen molar-refractivity contribution in [2.24, 2.45) is 9.98 Å². The Morgan fingerprint density at radius 1 is 0.451 bits per heavy atom. The molecule has 0 saturated carbocycles. The van der Waals surface area contributed by atoms with Crippen LogP contribution in [0.25, 0.3) is 65.7 Å². The molecule has 1 aliphatic heterocycles. The number of amidine groups is 2. The van der Waals surface area contributed by atoms with Gasteiger partial charge < -0.3 is 9.73 Å². The van der Waals surface area contributed by atoms with E-state index in [1.165, 1.54) is 27.1 Å². The Balaban J connectivity index is 1.24. The van der Waals surface area contributed by atoms with Gasteiger partial charge in [-0.1, -0.05) is 152 Å².